The molecule has 5 rings (SSSR count). The van der Waals surface area contributed by atoms with Crippen LogP contribution >= 0.6 is 11.3 Å². The van der Waals surface area contributed by atoms with Gasteiger partial charge in [-0.15, -0.1) is 11.3 Å². The van der Waals surface area contributed by atoms with Gasteiger partial charge in [-0.3, -0.25) is 14.8 Å². The highest BCUT2D eigenvalue weighted by molar-refractivity contribution is 7.07. The van der Waals surface area contributed by atoms with Crippen molar-refractivity contribution < 1.29 is 4.79 Å². The van der Waals surface area contributed by atoms with Gasteiger partial charge >= 0.3 is 0 Å². The van der Waals surface area contributed by atoms with Crippen LogP contribution in [0.2, 0.25) is 0 Å². The molecule has 5 nitrogen and oxygen atoms in total. The first-order valence-electron chi connectivity index (χ1n) is 9.14. The Labute approximate surface area is 160 Å². The Balaban J connectivity index is 1.70. The number of dihydropyridines is 1. The number of hydrogen-bond acceptors (Lipinski definition) is 5. The fourth-order valence-electron chi connectivity index (χ4n) is 3.94. The number of benzene rings is 1. The van der Waals surface area contributed by atoms with Crippen molar-refractivity contribution in [2.75, 3.05) is 6.54 Å². The Morgan fingerprint density at radius 2 is 2.19 bits per heavy atom. The minimum absolute atomic E-state index is 0.0244. The van der Waals surface area contributed by atoms with Gasteiger partial charge in [0, 0.05) is 24.7 Å². The third-order valence-electron chi connectivity index (χ3n) is 5.19. The van der Waals surface area contributed by atoms with Gasteiger partial charge in [-0.25, -0.2) is 4.98 Å². The lowest BCUT2D eigenvalue weighted by Crippen LogP contribution is -2.41. The summed E-state index contributed by atoms with van der Waals surface area (Å²) in [5.41, 5.74) is 8.47. The molecule has 1 aliphatic carbocycles. The van der Waals surface area contributed by atoms with Crippen molar-refractivity contribution in [2.24, 2.45) is 15.9 Å². The minimum atomic E-state index is 0.0244. The number of fused-ring (bicyclic) bond motifs is 3. The maximum atomic E-state index is 11.7. The summed E-state index contributed by atoms with van der Waals surface area (Å²) in [7, 11) is 0. The van der Waals surface area contributed by atoms with Gasteiger partial charge in [0.1, 0.15) is 5.35 Å². The van der Waals surface area contributed by atoms with Crippen molar-refractivity contribution >= 4 is 51.7 Å². The van der Waals surface area contributed by atoms with Gasteiger partial charge in [0.15, 0.2) is 0 Å². The van der Waals surface area contributed by atoms with Gasteiger partial charge in [0.05, 0.1) is 33.1 Å². The summed E-state index contributed by atoms with van der Waals surface area (Å²) in [5, 5.41) is 3.95. The van der Waals surface area contributed by atoms with Crippen molar-refractivity contribution in [3.63, 3.8) is 0 Å². The summed E-state index contributed by atoms with van der Waals surface area (Å²) in [5.74, 6) is 0.0957. The maximum Gasteiger partial charge on any atom is 0.219 e. The molecule has 3 heterocycles. The van der Waals surface area contributed by atoms with E-state index < -0.39 is 0 Å². The Kier molecular flexibility index (Phi) is 3.86. The van der Waals surface area contributed by atoms with Crippen molar-refractivity contribution in [2.45, 2.75) is 19.8 Å². The zero-order chi connectivity index (χ0) is 18.4. The van der Waals surface area contributed by atoms with Gasteiger partial charge in [-0.05, 0) is 29.7 Å². The van der Waals surface area contributed by atoms with Crippen LogP contribution in [-0.2, 0) is 4.79 Å². The van der Waals surface area contributed by atoms with Crippen molar-refractivity contribution in [3.05, 3.63) is 51.3 Å². The number of hydrogen-bond donors (Lipinski definition) is 1. The number of carbonyl (C=O) groups is 1. The molecule has 2 aliphatic heterocycles. The molecule has 0 spiro atoms. The van der Waals surface area contributed by atoms with Crippen molar-refractivity contribution in [1.29, 1.82) is 0 Å². The molecule has 0 fully saturated rings. The topological polar surface area (TPSA) is 66.7 Å². The summed E-state index contributed by atoms with van der Waals surface area (Å²) in [6.45, 7) is 2.47. The molecule has 134 valence electrons. The third kappa shape index (κ3) is 2.51. The predicted molar refractivity (Wildman–Crippen MR) is 110 cm³/mol. The van der Waals surface area contributed by atoms with E-state index in [2.05, 4.69) is 33.5 Å². The molecule has 1 amide bonds. The molecule has 0 bridgehead atoms. The van der Waals surface area contributed by atoms with E-state index in [0.29, 0.717) is 13.0 Å². The van der Waals surface area contributed by atoms with E-state index in [1.165, 1.54) is 11.1 Å². The number of rotatable bonds is 4. The van der Waals surface area contributed by atoms with Crippen LogP contribution in [0.4, 0.5) is 5.69 Å². The molecule has 1 aromatic carbocycles. The lowest BCUT2D eigenvalue weighted by molar-refractivity contribution is -0.120. The Hall–Kier alpha value is -2.86. The SMILES string of the molecule is CCC(=O)NCCC1=c2scnc2=C2N=CC=C3c4ccccc4N=C1C32. The monoisotopic (exact) mass is 374 g/mol. The smallest absolute Gasteiger partial charge is 0.219 e. The number of aliphatic imine (C=N–C) groups is 2. The number of aromatic nitrogens is 1. The van der Waals surface area contributed by atoms with Gasteiger partial charge in [-0.1, -0.05) is 25.1 Å². The maximum absolute atomic E-state index is 11.7. The molecule has 27 heavy (non-hydrogen) atoms. The molecule has 6 heteroatoms. The second-order valence-corrected chi connectivity index (χ2v) is 7.55. The third-order valence-corrected chi connectivity index (χ3v) is 6.08. The van der Waals surface area contributed by atoms with Gasteiger partial charge < -0.3 is 5.32 Å². The summed E-state index contributed by atoms with van der Waals surface area (Å²) in [6.07, 6.45) is 5.20. The Morgan fingerprint density at radius 3 is 3.07 bits per heavy atom. The number of nitrogens with one attached hydrogen (secondary N) is 1. The molecule has 1 N–H and O–H groups in total. The number of carbonyl (C=O) groups excluding carboxylic acids is 1. The number of nitrogens with zero attached hydrogens (tertiary/aromatic N) is 3. The Morgan fingerprint density at radius 1 is 1.30 bits per heavy atom. The summed E-state index contributed by atoms with van der Waals surface area (Å²) >= 11 is 1.62. The van der Waals surface area contributed by atoms with Crippen LogP contribution in [0.15, 0.2) is 45.8 Å². The Bertz CT molecular complexity index is 1170. The number of amides is 1. The molecule has 0 saturated carbocycles. The van der Waals surface area contributed by atoms with Crippen LogP contribution in [0, 0.1) is 5.92 Å². The van der Waals surface area contributed by atoms with Crippen LogP contribution < -0.4 is 15.2 Å². The summed E-state index contributed by atoms with van der Waals surface area (Å²) in [6, 6.07) is 8.25. The first kappa shape index (κ1) is 16.3. The lowest BCUT2D eigenvalue weighted by atomic mass is 9.77. The van der Waals surface area contributed by atoms with E-state index in [9.17, 15) is 4.79 Å². The first-order valence-corrected chi connectivity index (χ1v) is 10.0. The van der Waals surface area contributed by atoms with E-state index in [1.807, 2.05) is 30.8 Å². The highest BCUT2D eigenvalue weighted by Crippen LogP contribution is 2.44. The van der Waals surface area contributed by atoms with Gasteiger partial charge in [0.2, 0.25) is 5.91 Å². The zero-order valence-corrected chi connectivity index (χ0v) is 15.7. The van der Waals surface area contributed by atoms with E-state index in [1.54, 1.807) is 11.3 Å². The molecule has 1 aromatic heterocycles. The highest BCUT2D eigenvalue weighted by atomic mass is 32.1. The normalized spacial score (nSPS) is 18.9. The molecular formula is C21H18N4OS. The molecule has 3 aliphatic rings. The van der Waals surface area contributed by atoms with Crippen LogP contribution in [-0.4, -0.2) is 29.4 Å². The zero-order valence-electron chi connectivity index (χ0n) is 14.9. The molecule has 0 radical (unpaired) electrons. The second kappa shape index (κ2) is 6.39. The van der Waals surface area contributed by atoms with Crippen molar-refractivity contribution in [3.8, 4) is 0 Å². The molecule has 1 atom stereocenters. The lowest BCUT2D eigenvalue weighted by Gasteiger charge is -2.32. The number of para-hydroxylation sites is 1. The standard InChI is InChI=1S/C21H18N4OS/c1-2-16(26)22-9-8-14-18-17-13(12-5-3-4-6-15(12)25-18)7-10-23-19(17)20-21(14)27-11-24-20/h3-7,10-11,17H,2,8-9H2,1H3,(H,22,26). The quantitative estimate of drug-likeness (QED) is 0.892. The van der Waals surface area contributed by atoms with Gasteiger partial charge in [-0.2, -0.15) is 0 Å². The molecule has 2 aromatic rings. The minimum Gasteiger partial charge on any atom is -0.356 e. The number of allylic oxidation sites excluding steroid dienone is 1. The number of thiazole rings is 1. The molecular weight excluding hydrogens is 356 g/mol. The largest absolute Gasteiger partial charge is 0.356 e. The van der Waals surface area contributed by atoms with E-state index in [-0.39, 0.29) is 11.8 Å². The van der Waals surface area contributed by atoms with E-state index in [0.717, 1.165) is 39.0 Å². The second-order valence-electron chi connectivity index (χ2n) is 6.69. The highest BCUT2D eigenvalue weighted by Gasteiger charge is 2.37. The average molecular weight is 374 g/mol. The predicted octanol–water partition coefficient (Wildman–Crippen LogP) is 2.20. The molecule has 0 saturated heterocycles. The summed E-state index contributed by atoms with van der Waals surface area (Å²) in [4.78, 5) is 26.0. The molecule has 1 unspecified atom stereocenters. The van der Waals surface area contributed by atoms with Crippen LogP contribution in [0.3, 0.4) is 0 Å². The summed E-state index contributed by atoms with van der Waals surface area (Å²) < 4.78 is 1.13. The van der Waals surface area contributed by atoms with Crippen LogP contribution in [0.25, 0.3) is 16.8 Å². The van der Waals surface area contributed by atoms with Gasteiger partial charge in [0.25, 0.3) is 0 Å². The van der Waals surface area contributed by atoms with E-state index >= 15 is 0 Å². The average Bonchev–Trinajstić information content (AvgIpc) is 3.20. The fraction of sp³-hybridized carbons (Fsp3) is 0.238. The van der Waals surface area contributed by atoms with Crippen LogP contribution in [0.5, 0.6) is 0 Å². The van der Waals surface area contributed by atoms with Crippen LogP contribution in [0.1, 0.15) is 25.3 Å². The first-order chi connectivity index (χ1) is 13.3. The fourth-order valence-corrected chi connectivity index (χ4v) is 4.82. The van der Waals surface area contributed by atoms with E-state index in [4.69, 9.17) is 4.99 Å². The van der Waals surface area contributed by atoms with Crippen molar-refractivity contribution in [1.82, 2.24) is 10.3 Å².